The fourth-order valence-corrected chi connectivity index (χ4v) is 3.25. The zero-order valence-corrected chi connectivity index (χ0v) is 14.4. The highest BCUT2D eigenvalue weighted by molar-refractivity contribution is 5.87. The summed E-state index contributed by atoms with van der Waals surface area (Å²) in [5.41, 5.74) is 1.05. The lowest BCUT2D eigenvalue weighted by molar-refractivity contribution is -0.153. The van der Waals surface area contributed by atoms with E-state index in [1.807, 2.05) is 55.5 Å². The molecule has 1 aliphatic carbocycles. The molecule has 0 fully saturated rings. The Hall–Kier alpha value is -2.62. The normalized spacial score (nSPS) is 17.9. The number of fused-ring (bicyclic) bond motifs is 1. The maximum absolute atomic E-state index is 12.1. The first-order chi connectivity index (χ1) is 12.1. The molecule has 0 aromatic heterocycles. The number of hydrogen-bond donors (Lipinski definition) is 1. The van der Waals surface area contributed by atoms with Crippen LogP contribution in [0.3, 0.4) is 0 Å². The summed E-state index contributed by atoms with van der Waals surface area (Å²) >= 11 is 0. The standard InChI is InChI=1S/C21H23NO3/c1-15(18-13-7-11-16-8-5-6-12-19(16)18)22-20(23)14-25-21(24)17-9-3-2-4-10-17/h2-3,5-8,11-13,15,17H,4,9-10,14H2,1H3,(H,22,23)/t15-,17+/m0/s1. The Bertz CT molecular complexity index is 791. The molecule has 0 bridgehead atoms. The second-order valence-corrected chi connectivity index (χ2v) is 6.45. The van der Waals surface area contributed by atoms with Crippen molar-refractivity contribution < 1.29 is 14.3 Å². The molecular weight excluding hydrogens is 314 g/mol. The van der Waals surface area contributed by atoms with Gasteiger partial charge in [0.05, 0.1) is 12.0 Å². The zero-order valence-electron chi connectivity index (χ0n) is 14.4. The molecule has 0 aliphatic heterocycles. The topological polar surface area (TPSA) is 55.4 Å². The lowest BCUT2D eigenvalue weighted by atomic mass is 9.95. The molecule has 1 N–H and O–H groups in total. The quantitative estimate of drug-likeness (QED) is 0.665. The van der Waals surface area contributed by atoms with Crippen LogP contribution >= 0.6 is 0 Å². The van der Waals surface area contributed by atoms with E-state index in [9.17, 15) is 9.59 Å². The van der Waals surface area contributed by atoms with Crippen LogP contribution in [0.5, 0.6) is 0 Å². The maximum Gasteiger partial charge on any atom is 0.309 e. The van der Waals surface area contributed by atoms with Gasteiger partial charge in [-0.25, -0.2) is 0 Å². The molecule has 1 amide bonds. The summed E-state index contributed by atoms with van der Waals surface area (Å²) in [6.45, 7) is 1.71. The lowest BCUT2D eigenvalue weighted by Gasteiger charge is -2.18. The smallest absolute Gasteiger partial charge is 0.309 e. The van der Waals surface area contributed by atoms with Gasteiger partial charge in [-0.1, -0.05) is 54.6 Å². The number of allylic oxidation sites excluding steroid dienone is 2. The average molecular weight is 337 g/mol. The molecule has 0 saturated carbocycles. The number of esters is 1. The first-order valence-corrected chi connectivity index (χ1v) is 8.74. The number of amides is 1. The fraction of sp³-hybridized carbons (Fsp3) is 0.333. The predicted molar refractivity (Wildman–Crippen MR) is 97.9 cm³/mol. The van der Waals surface area contributed by atoms with Crippen molar-refractivity contribution in [3.8, 4) is 0 Å². The molecular formula is C21H23NO3. The summed E-state index contributed by atoms with van der Waals surface area (Å²) < 4.78 is 5.18. The number of rotatable bonds is 5. The van der Waals surface area contributed by atoms with Crippen LogP contribution < -0.4 is 5.32 Å². The summed E-state index contributed by atoms with van der Waals surface area (Å²) in [6, 6.07) is 14.0. The van der Waals surface area contributed by atoms with Crippen LogP contribution in [0.15, 0.2) is 54.6 Å². The highest BCUT2D eigenvalue weighted by Crippen LogP contribution is 2.24. The molecule has 3 rings (SSSR count). The number of carbonyl (C=O) groups is 2. The van der Waals surface area contributed by atoms with Crippen molar-refractivity contribution in [2.75, 3.05) is 6.61 Å². The van der Waals surface area contributed by atoms with Gasteiger partial charge in [0.15, 0.2) is 6.61 Å². The minimum Gasteiger partial charge on any atom is -0.455 e. The molecule has 2 aromatic carbocycles. The van der Waals surface area contributed by atoms with E-state index in [0.29, 0.717) is 6.42 Å². The third kappa shape index (κ3) is 4.27. The number of benzene rings is 2. The zero-order chi connectivity index (χ0) is 17.6. The van der Waals surface area contributed by atoms with E-state index in [1.165, 1.54) is 0 Å². The number of carbonyl (C=O) groups excluding carboxylic acids is 2. The fourth-order valence-electron chi connectivity index (χ4n) is 3.25. The van der Waals surface area contributed by atoms with Crippen molar-refractivity contribution in [1.82, 2.24) is 5.32 Å². The van der Waals surface area contributed by atoms with E-state index in [4.69, 9.17) is 4.74 Å². The summed E-state index contributed by atoms with van der Waals surface area (Å²) in [5, 5.41) is 5.17. The lowest BCUT2D eigenvalue weighted by Crippen LogP contribution is -2.32. The van der Waals surface area contributed by atoms with Gasteiger partial charge in [0.2, 0.25) is 0 Å². The van der Waals surface area contributed by atoms with Crippen LogP contribution in [0.4, 0.5) is 0 Å². The Morgan fingerprint density at radius 3 is 2.76 bits per heavy atom. The van der Waals surface area contributed by atoms with Crippen molar-refractivity contribution >= 4 is 22.6 Å². The third-order valence-electron chi connectivity index (χ3n) is 4.62. The van der Waals surface area contributed by atoms with Crippen LogP contribution in [-0.2, 0) is 14.3 Å². The molecule has 0 saturated heterocycles. The van der Waals surface area contributed by atoms with Gasteiger partial charge >= 0.3 is 5.97 Å². The Morgan fingerprint density at radius 2 is 1.96 bits per heavy atom. The molecule has 2 aromatic rings. The van der Waals surface area contributed by atoms with Crippen molar-refractivity contribution in [2.24, 2.45) is 5.92 Å². The van der Waals surface area contributed by atoms with Gasteiger partial charge in [-0.15, -0.1) is 0 Å². The summed E-state index contributed by atoms with van der Waals surface area (Å²) in [6.07, 6.45) is 6.46. The molecule has 25 heavy (non-hydrogen) atoms. The van der Waals surface area contributed by atoms with E-state index < -0.39 is 0 Å². The number of nitrogens with one attached hydrogen (secondary N) is 1. The monoisotopic (exact) mass is 337 g/mol. The van der Waals surface area contributed by atoms with Gasteiger partial charge in [-0.3, -0.25) is 9.59 Å². The SMILES string of the molecule is C[C@H](NC(=O)COC(=O)[C@@H]1CC=CCC1)c1cccc2ccccc12. The Morgan fingerprint density at radius 1 is 1.16 bits per heavy atom. The Labute approximate surface area is 147 Å². The van der Waals surface area contributed by atoms with Crippen molar-refractivity contribution in [2.45, 2.75) is 32.2 Å². The molecule has 0 heterocycles. The van der Waals surface area contributed by atoms with E-state index in [0.717, 1.165) is 29.2 Å². The Kier molecular flexibility index (Phi) is 5.49. The largest absolute Gasteiger partial charge is 0.455 e. The summed E-state index contributed by atoms with van der Waals surface area (Å²) in [7, 11) is 0. The maximum atomic E-state index is 12.1. The van der Waals surface area contributed by atoms with Gasteiger partial charge in [0, 0.05) is 0 Å². The second-order valence-electron chi connectivity index (χ2n) is 6.45. The number of hydrogen-bond acceptors (Lipinski definition) is 3. The van der Waals surface area contributed by atoms with E-state index in [1.54, 1.807) is 0 Å². The molecule has 2 atom stereocenters. The van der Waals surface area contributed by atoms with E-state index in [2.05, 4.69) is 11.4 Å². The van der Waals surface area contributed by atoms with Gasteiger partial charge in [0.1, 0.15) is 0 Å². The van der Waals surface area contributed by atoms with Crippen LogP contribution in [0.2, 0.25) is 0 Å². The van der Waals surface area contributed by atoms with Gasteiger partial charge in [-0.2, -0.15) is 0 Å². The van der Waals surface area contributed by atoms with Crippen LogP contribution in [0.1, 0.15) is 37.8 Å². The predicted octanol–water partition coefficient (Wildman–Crippen LogP) is 3.92. The number of ether oxygens (including phenoxy) is 1. The van der Waals surface area contributed by atoms with Crippen molar-refractivity contribution in [3.63, 3.8) is 0 Å². The molecule has 4 heteroatoms. The first kappa shape index (κ1) is 17.2. The second kappa shape index (κ2) is 7.97. The van der Waals surface area contributed by atoms with Gasteiger partial charge in [0.25, 0.3) is 5.91 Å². The summed E-state index contributed by atoms with van der Waals surface area (Å²) in [4.78, 5) is 24.1. The van der Waals surface area contributed by atoms with Crippen LogP contribution in [-0.4, -0.2) is 18.5 Å². The van der Waals surface area contributed by atoms with Gasteiger partial charge in [-0.05, 0) is 42.5 Å². The minimum absolute atomic E-state index is 0.117. The molecule has 130 valence electrons. The highest BCUT2D eigenvalue weighted by atomic mass is 16.5. The summed E-state index contributed by atoms with van der Waals surface area (Å²) in [5.74, 6) is -0.675. The molecule has 0 unspecified atom stereocenters. The minimum atomic E-state index is -0.280. The van der Waals surface area contributed by atoms with Crippen LogP contribution in [0, 0.1) is 5.92 Å². The molecule has 1 aliphatic rings. The molecule has 0 radical (unpaired) electrons. The van der Waals surface area contributed by atoms with E-state index >= 15 is 0 Å². The Balaban J connectivity index is 1.57. The van der Waals surface area contributed by atoms with E-state index in [-0.39, 0.29) is 30.4 Å². The average Bonchev–Trinajstić information content (AvgIpc) is 2.66. The van der Waals surface area contributed by atoms with Crippen molar-refractivity contribution in [1.29, 1.82) is 0 Å². The molecule has 4 nitrogen and oxygen atoms in total. The third-order valence-corrected chi connectivity index (χ3v) is 4.62. The first-order valence-electron chi connectivity index (χ1n) is 8.74. The van der Waals surface area contributed by atoms with Gasteiger partial charge < -0.3 is 10.1 Å². The van der Waals surface area contributed by atoms with Crippen molar-refractivity contribution in [3.05, 3.63) is 60.2 Å². The highest BCUT2D eigenvalue weighted by Gasteiger charge is 2.21. The van der Waals surface area contributed by atoms with Crippen LogP contribution in [0.25, 0.3) is 10.8 Å². The molecule has 0 spiro atoms.